The summed E-state index contributed by atoms with van der Waals surface area (Å²) in [4.78, 5) is 12.5. The molecule has 1 saturated carbocycles. The molecule has 1 fully saturated rings. The number of aliphatic hydroxyl groups is 1. The van der Waals surface area contributed by atoms with E-state index >= 15 is 0 Å². The number of esters is 1. The lowest BCUT2D eigenvalue weighted by atomic mass is 9.64. The van der Waals surface area contributed by atoms with Gasteiger partial charge in [0.1, 0.15) is 11.6 Å². The van der Waals surface area contributed by atoms with E-state index in [1.165, 1.54) is 0 Å². The van der Waals surface area contributed by atoms with Crippen LogP contribution in [0.4, 0.5) is 0 Å². The molecule has 0 aliphatic heterocycles. The Labute approximate surface area is 132 Å². The first-order chi connectivity index (χ1) is 10.2. The molecule has 0 amide bonds. The number of rotatable bonds is 3. The fourth-order valence-electron chi connectivity index (χ4n) is 3.26. The molecule has 0 radical (unpaired) electrons. The van der Waals surface area contributed by atoms with Crippen molar-refractivity contribution in [3.63, 3.8) is 0 Å². The van der Waals surface area contributed by atoms with Gasteiger partial charge in [0.2, 0.25) is 0 Å². The lowest BCUT2D eigenvalue weighted by Gasteiger charge is -2.43. The number of carbonyl (C=O) groups excluding carboxylic acids is 1. The molecular weight excluding hydrogens is 278 g/mol. The second-order valence-electron chi connectivity index (χ2n) is 7.26. The van der Waals surface area contributed by atoms with Gasteiger partial charge in [-0.2, -0.15) is 0 Å². The van der Waals surface area contributed by atoms with Gasteiger partial charge in [-0.15, -0.1) is 0 Å². The summed E-state index contributed by atoms with van der Waals surface area (Å²) in [7, 11) is 0. The van der Waals surface area contributed by atoms with Crippen molar-refractivity contribution in [1.82, 2.24) is 0 Å². The van der Waals surface area contributed by atoms with E-state index < -0.39 is 17.1 Å². The molecule has 3 N–H and O–H groups in total. The third kappa shape index (κ3) is 3.68. The minimum absolute atomic E-state index is 0.303. The van der Waals surface area contributed by atoms with Gasteiger partial charge in [-0.05, 0) is 52.0 Å². The zero-order chi connectivity index (χ0) is 16.4. The van der Waals surface area contributed by atoms with Gasteiger partial charge in [-0.1, -0.05) is 30.3 Å². The van der Waals surface area contributed by atoms with Crippen LogP contribution >= 0.6 is 0 Å². The Hall–Kier alpha value is -1.39. The molecule has 0 bridgehead atoms. The number of hydrogen-bond donors (Lipinski definition) is 2. The van der Waals surface area contributed by atoms with Crippen molar-refractivity contribution in [2.45, 2.75) is 69.6 Å². The van der Waals surface area contributed by atoms with Gasteiger partial charge in [-0.25, -0.2) is 0 Å². The molecule has 1 aromatic rings. The fourth-order valence-corrected chi connectivity index (χ4v) is 3.26. The van der Waals surface area contributed by atoms with Gasteiger partial charge in [0.05, 0.1) is 6.10 Å². The van der Waals surface area contributed by atoms with Crippen LogP contribution in [0.5, 0.6) is 0 Å². The van der Waals surface area contributed by atoms with Crippen LogP contribution in [0.25, 0.3) is 0 Å². The second-order valence-corrected chi connectivity index (χ2v) is 7.26. The highest BCUT2D eigenvalue weighted by Gasteiger charge is 2.46. The molecule has 1 aromatic carbocycles. The number of ether oxygens (including phenoxy) is 1. The zero-order valence-corrected chi connectivity index (χ0v) is 13.7. The van der Waals surface area contributed by atoms with Gasteiger partial charge in [-0.3, -0.25) is 4.79 Å². The first-order valence-electron chi connectivity index (χ1n) is 7.97. The number of carbonyl (C=O) groups is 1. The first-order valence-corrected chi connectivity index (χ1v) is 7.97. The highest BCUT2D eigenvalue weighted by atomic mass is 16.6. The predicted octanol–water partition coefficient (Wildman–Crippen LogP) is 2.53. The second kappa shape index (κ2) is 6.39. The van der Waals surface area contributed by atoms with Gasteiger partial charge in [0.15, 0.2) is 0 Å². The largest absolute Gasteiger partial charge is 0.459 e. The van der Waals surface area contributed by atoms with Crippen molar-refractivity contribution in [1.29, 1.82) is 0 Å². The molecule has 1 atom stereocenters. The van der Waals surface area contributed by atoms with Gasteiger partial charge >= 0.3 is 5.97 Å². The van der Waals surface area contributed by atoms with Crippen LogP contribution in [-0.2, 0) is 14.9 Å². The SMILES string of the molecule is CC(C)(C)OC(=O)C(N)C1(c2ccccc2)CCC(O)CC1. The van der Waals surface area contributed by atoms with Crippen LogP contribution in [0.1, 0.15) is 52.0 Å². The summed E-state index contributed by atoms with van der Waals surface area (Å²) in [6.45, 7) is 5.53. The van der Waals surface area contributed by atoms with Crippen LogP contribution in [0.3, 0.4) is 0 Å². The van der Waals surface area contributed by atoms with E-state index in [0.717, 1.165) is 5.56 Å². The Kier molecular flexibility index (Phi) is 4.93. The van der Waals surface area contributed by atoms with Gasteiger partial charge in [0, 0.05) is 5.41 Å². The van der Waals surface area contributed by atoms with E-state index in [4.69, 9.17) is 10.5 Å². The van der Waals surface area contributed by atoms with Gasteiger partial charge < -0.3 is 15.6 Å². The average molecular weight is 305 g/mol. The van der Waals surface area contributed by atoms with E-state index in [9.17, 15) is 9.90 Å². The Bertz CT molecular complexity index is 499. The van der Waals surface area contributed by atoms with Crippen LogP contribution in [0.2, 0.25) is 0 Å². The number of nitrogens with two attached hydrogens (primary N) is 1. The summed E-state index contributed by atoms with van der Waals surface area (Å²) < 4.78 is 5.50. The maximum Gasteiger partial charge on any atom is 0.324 e. The molecule has 1 aliphatic carbocycles. The normalized spacial score (nSPS) is 27.2. The monoisotopic (exact) mass is 305 g/mol. The summed E-state index contributed by atoms with van der Waals surface area (Å²) in [6, 6.07) is 9.19. The molecule has 1 unspecified atom stereocenters. The molecule has 0 spiro atoms. The first kappa shape index (κ1) is 17.0. The van der Waals surface area contributed by atoms with E-state index in [-0.39, 0.29) is 12.1 Å². The fraction of sp³-hybridized carbons (Fsp3) is 0.611. The van der Waals surface area contributed by atoms with Crippen molar-refractivity contribution in [3.05, 3.63) is 35.9 Å². The number of aliphatic hydroxyl groups excluding tert-OH is 1. The van der Waals surface area contributed by atoms with Crippen LogP contribution in [0.15, 0.2) is 30.3 Å². The molecule has 2 rings (SSSR count). The smallest absolute Gasteiger partial charge is 0.324 e. The highest BCUT2D eigenvalue weighted by Crippen LogP contribution is 2.42. The topological polar surface area (TPSA) is 72.5 Å². The summed E-state index contributed by atoms with van der Waals surface area (Å²) in [6.07, 6.45) is 2.40. The van der Waals surface area contributed by atoms with E-state index in [2.05, 4.69) is 0 Å². The molecule has 0 saturated heterocycles. The van der Waals surface area contributed by atoms with E-state index in [1.807, 2.05) is 51.1 Å². The van der Waals surface area contributed by atoms with Crippen LogP contribution in [0, 0.1) is 0 Å². The maximum absolute atomic E-state index is 12.5. The standard InChI is InChI=1S/C18H27NO3/c1-17(2,3)22-16(21)15(19)18(11-9-14(20)10-12-18)13-7-5-4-6-8-13/h4-8,14-15,20H,9-12,19H2,1-3H3. The minimum Gasteiger partial charge on any atom is -0.459 e. The van der Waals surface area contributed by atoms with Crippen molar-refractivity contribution < 1.29 is 14.6 Å². The molecule has 1 aliphatic rings. The summed E-state index contributed by atoms with van der Waals surface area (Å²) >= 11 is 0. The lowest BCUT2D eigenvalue weighted by molar-refractivity contribution is -0.159. The summed E-state index contributed by atoms with van der Waals surface area (Å²) in [5.41, 5.74) is 6.40. The van der Waals surface area contributed by atoms with Gasteiger partial charge in [0.25, 0.3) is 0 Å². The number of benzene rings is 1. The number of hydrogen-bond acceptors (Lipinski definition) is 4. The van der Waals surface area contributed by atoms with Crippen molar-refractivity contribution in [2.24, 2.45) is 5.73 Å². The zero-order valence-electron chi connectivity index (χ0n) is 13.7. The molecule has 4 nitrogen and oxygen atoms in total. The highest BCUT2D eigenvalue weighted by molar-refractivity contribution is 5.78. The maximum atomic E-state index is 12.5. The summed E-state index contributed by atoms with van der Waals surface area (Å²) in [5, 5.41) is 9.84. The van der Waals surface area contributed by atoms with E-state index in [0.29, 0.717) is 25.7 Å². The van der Waals surface area contributed by atoms with E-state index in [1.54, 1.807) is 0 Å². The van der Waals surface area contributed by atoms with Crippen molar-refractivity contribution >= 4 is 5.97 Å². The van der Waals surface area contributed by atoms with Crippen molar-refractivity contribution in [2.75, 3.05) is 0 Å². The average Bonchev–Trinajstić information content (AvgIpc) is 2.47. The summed E-state index contributed by atoms with van der Waals surface area (Å²) in [5.74, 6) is -0.368. The Morgan fingerprint density at radius 3 is 2.32 bits per heavy atom. The Morgan fingerprint density at radius 1 is 1.27 bits per heavy atom. The third-order valence-corrected chi connectivity index (χ3v) is 4.45. The Balaban J connectivity index is 2.31. The molecule has 122 valence electrons. The minimum atomic E-state index is -0.721. The van der Waals surface area contributed by atoms with Crippen molar-refractivity contribution in [3.8, 4) is 0 Å². The van der Waals surface area contributed by atoms with Crippen LogP contribution < -0.4 is 5.73 Å². The third-order valence-electron chi connectivity index (χ3n) is 4.45. The molecule has 4 heteroatoms. The lowest BCUT2D eigenvalue weighted by Crippen LogP contribution is -2.54. The molecule has 22 heavy (non-hydrogen) atoms. The molecule has 0 heterocycles. The van der Waals surface area contributed by atoms with Crippen LogP contribution in [-0.4, -0.2) is 28.8 Å². The molecule has 0 aromatic heterocycles. The predicted molar refractivity (Wildman–Crippen MR) is 86.4 cm³/mol. The molecular formula is C18H27NO3. The quantitative estimate of drug-likeness (QED) is 0.842. The Morgan fingerprint density at radius 2 is 1.82 bits per heavy atom.